The summed E-state index contributed by atoms with van der Waals surface area (Å²) in [7, 11) is 0. The van der Waals surface area contributed by atoms with Crippen molar-refractivity contribution in [3.8, 4) is 0 Å². The molecule has 2 aromatic carbocycles. The second-order valence-corrected chi connectivity index (χ2v) is 5.63. The second-order valence-electron chi connectivity index (χ2n) is 5.19. The molecule has 0 bridgehead atoms. The minimum absolute atomic E-state index is 0.0215. The van der Waals surface area contributed by atoms with Gasteiger partial charge in [-0.2, -0.15) is 17.6 Å². The summed E-state index contributed by atoms with van der Waals surface area (Å²) >= 11 is 6.24. The van der Waals surface area contributed by atoms with Gasteiger partial charge in [0.05, 0.1) is 5.38 Å². The van der Waals surface area contributed by atoms with Crippen LogP contribution in [-0.4, -0.2) is 0 Å². The molecule has 0 nitrogen and oxygen atoms in total. The van der Waals surface area contributed by atoms with Crippen LogP contribution in [0, 0.1) is 6.92 Å². The Labute approximate surface area is 124 Å². The van der Waals surface area contributed by atoms with Crippen LogP contribution in [0.2, 0.25) is 0 Å². The first-order valence-electron chi connectivity index (χ1n) is 6.37. The largest absolute Gasteiger partial charge is 0.340 e. The van der Waals surface area contributed by atoms with Crippen molar-refractivity contribution in [1.29, 1.82) is 0 Å². The number of aryl methyl sites for hydroxylation is 1. The highest BCUT2D eigenvalue weighted by Gasteiger charge is 2.62. The molecule has 0 aromatic heterocycles. The first-order chi connectivity index (χ1) is 9.76. The minimum Gasteiger partial charge on any atom is -0.194 e. The lowest BCUT2D eigenvalue weighted by molar-refractivity contribution is -0.223. The predicted molar refractivity (Wildman–Crippen MR) is 73.1 cm³/mol. The smallest absolute Gasteiger partial charge is 0.194 e. The summed E-state index contributed by atoms with van der Waals surface area (Å²) in [4.78, 5) is 0. The van der Waals surface area contributed by atoms with Crippen LogP contribution in [0.5, 0.6) is 0 Å². The third kappa shape index (κ3) is 1.89. The normalized spacial score (nSPS) is 22.1. The molecule has 0 amide bonds. The molecule has 1 atom stereocenters. The zero-order valence-corrected chi connectivity index (χ0v) is 11.8. The minimum atomic E-state index is -4.31. The highest BCUT2D eigenvalue weighted by molar-refractivity contribution is 6.23. The zero-order chi connectivity index (χ0) is 15.4. The summed E-state index contributed by atoms with van der Waals surface area (Å²) in [5.74, 6) is -8.62. The Bertz CT molecular complexity index is 709. The summed E-state index contributed by atoms with van der Waals surface area (Å²) < 4.78 is 57.6. The fourth-order valence-corrected chi connectivity index (χ4v) is 3.06. The van der Waals surface area contributed by atoms with Crippen LogP contribution in [-0.2, 0) is 11.8 Å². The molecule has 1 unspecified atom stereocenters. The molecule has 21 heavy (non-hydrogen) atoms. The van der Waals surface area contributed by atoms with Gasteiger partial charge in [-0.15, -0.1) is 11.6 Å². The third-order valence-corrected chi connectivity index (χ3v) is 4.26. The highest BCUT2D eigenvalue weighted by Crippen LogP contribution is 2.56. The number of halogens is 5. The van der Waals surface area contributed by atoms with E-state index >= 15 is 0 Å². The fraction of sp³-hybridized carbons (Fsp3) is 0.250. The van der Waals surface area contributed by atoms with Gasteiger partial charge in [-0.3, -0.25) is 0 Å². The Balaban J connectivity index is 2.41. The lowest BCUT2D eigenvalue weighted by Gasteiger charge is -2.27. The van der Waals surface area contributed by atoms with Gasteiger partial charge in [-0.05, 0) is 18.1 Å². The van der Waals surface area contributed by atoms with Crippen molar-refractivity contribution in [2.45, 2.75) is 24.1 Å². The molecule has 0 fully saturated rings. The van der Waals surface area contributed by atoms with Crippen molar-refractivity contribution >= 4 is 11.6 Å². The van der Waals surface area contributed by atoms with Crippen LogP contribution < -0.4 is 0 Å². The van der Waals surface area contributed by atoms with E-state index in [4.69, 9.17) is 11.6 Å². The Morgan fingerprint density at radius 2 is 1.43 bits per heavy atom. The van der Waals surface area contributed by atoms with Crippen LogP contribution in [0.1, 0.15) is 33.2 Å². The molecule has 0 radical (unpaired) electrons. The average Bonchev–Trinajstić information content (AvgIpc) is 2.49. The second kappa shape index (κ2) is 4.47. The maximum atomic E-state index is 14.4. The number of hydrogen-bond donors (Lipinski definition) is 0. The highest BCUT2D eigenvalue weighted by atomic mass is 35.5. The Morgan fingerprint density at radius 3 is 2.10 bits per heavy atom. The van der Waals surface area contributed by atoms with Crippen molar-refractivity contribution < 1.29 is 17.6 Å². The van der Waals surface area contributed by atoms with Gasteiger partial charge in [0.15, 0.2) is 0 Å². The molecule has 5 heteroatoms. The van der Waals surface area contributed by atoms with E-state index < -0.39 is 28.3 Å². The first-order valence-corrected chi connectivity index (χ1v) is 6.80. The van der Waals surface area contributed by atoms with Gasteiger partial charge in [0, 0.05) is 11.1 Å². The van der Waals surface area contributed by atoms with Crippen LogP contribution in [0.4, 0.5) is 17.6 Å². The third-order valence-electron chi connectivity index (χ3n) is 3.78. The maximum Gasteiger partial charge on any atom is 0.340 e. The van der Waals surface area contributed by atoms with E-state index in [2.05, 4.69) is 0 Å². The van der Waals surface area contributed by atoms with Gasteiger partial charge in [-0.25, -0.2) is 0 Å². The van der Waals surface area contributed by atoms with E-state index in [1.807, 2.05) is 0 Å². The Morgan fingerprint density at radius 1 is 0.857 bits per heavy atom. The zero-order valence-electron chi connectivity index (χ0n) is 11.0. The number of rotatable bonds is 0. The van der Waals surface area contributed by atoms with Gasteiger partial charge in [0.1, 0.15) is 0 Å². The molecule has 2 aromatic rings. The van der Waals surface area contributed by atoms with Crippen molar-refractivity contribution in [2.75, 3.05) is 0 Å². The maximum absolute atomic E-state index is 14.4. The fourth-order valence-electron chi connectivity index (χ4n) is 2.69. The van der Waals surface area contributed by atoms with Crippen LogP contribution in [0.25, 0.3) is 0 Å². The molecule has 0 heterocycles. The molecule has 3 rings (SSSR count). The standard InChI is InChI=1S/C16H11ClF4/c1-9-6-7-13-11(8-9)14(17)10-4-2-3-5-12(10)15(18,19)16(13,20)21/h2-8,14H,1H3. The predicted octanol–water partition coefficient (Wildman–Crippen LogP) is 5.52. The summed E-state index contributed by atoms with van der Waals surface area (Å²) in [6.45, 7) is 1.71. The van der Waals surface area contributed by atoms with Gasteiger partial charge in [0.2, 0.25) is 0 Å². The Kier molecular flexibility index (Phi) is 3.06. The summed E-state index contributed by atoms with van der Waals surface area (Å²) in [6, 6.07) is 9.09. The first kappa shape index (κ1) is 14.4. The molecule has 0 N–H and O–H groups in total. The number of alkyl halides is 5. The van der Waals surface area contributed by atoms with E-state index in [1.54, 1.807) is 6.92 Å². The van der Waals surface area contributed by atoms with Gasteiger partial charge in [-0.1, -0.05) is 48.0 Å². The summed E-state index contributed by atoms with van der Waals surface area (Å²) in [5, 5.41) is -1.03. The molecule has 0 saturated carbocycles. The van der Waals surface area contributed by atoms with Crippen molar-refractivity contribution in [1.82, 2.24) is 0 Å². The molecule has 110 valence electrons. The SMILES string of the molecule is Cc1ccc2c(c1)C(Cl)c1ccccc1C(F)(F)C2(F)F. The van der Waals surface area contributed by atoms with E-state index in [0.29, 0.717) is 5.56 Å². The van der Waals surface area contributed by atoms with Crippen molar-refractivity contribution in [3.05, 3.63) is 70.3 Å². The lowest BCUT2D eigenvalue weighted by Crippen LogP contribution is -2.35. The van der Waals surface area contributed by atoms with E-state index in [0.717, 1.165) is 12.1 Å². The van der Waals surface area contributed by atoms with Crippen LogP contribution in [0.3, 0.4) is 0 Å². The monoisotopic (exact) mass is 314 g/mol. The van der Waals surface area contributed by atoms with Gasteiger partial charge < -0.3 is 0 Å². The summed E-state index contributed by atoms with van der Waals surface area (Å²) in [5.41, 5.74) is -0.685. The van der Waals surface area contributed by atoms with Gasteiger partial charge in [0.25, 0.3) is 0 Å². The molecule has 1 aliphatic rings. The Hall–Kier alpha value is -1.55. The van der Waals surface area contributed by atoms with E-state index in [-0.39, 0.29) is 11.1 Å². The quantitative estimate of drug-likeness (QED) is 0.443. The van der Waals surface area contributed by atoms with Crippen LogP contribution >= 0.6 is 11.6 Å². The average molecular weight is 315 g/mol. The van der Waals surface area contributed by atoms with E-state index in [1.165, 1.54) is 30.3 Å². The lowest BCUT2D eigenvalue weighted by atomic mass is 9.95. The topological polar surface area (TPSA) is 0 Å². The van der Waals surface area contributed by atoms with Gasteiger partial charge >= 0.3 is 11.8 Å². The number of benzene rings is 2. The van der Waals surface area contributed by atoms with E-state index in [9.17, 15) is 17.6 Å². The molecule has 1 aliphatic carbocycles. The molecule has 0 aliphatic heterocycles. The molecule has 0 spiro atoms. The molecule has 0 saturated heterocycles. The number of fused-ring (bicyclic) bond motifs is 2. The van der Waals surface area contributed by atoms with Crippen molar-refractivity contribution in [3.63, 3.8) is 0 Å². The van der Waals surface area contributed by atoms with Crippen molar-refractivity contribution in [2.24, 2.45) is 0 Å². The number of hydrogen-bond acceptors (Lipinski definition) is 0. The molecular weight excluding hydrogens is 304 g/mol. The summed E-state index contributed by atoms with van der Waals surface area (Å²) in [6.07, 6.45) is 0. The van der Waals surface area contributed by atoms with Crippen LogP contribution in [0.15, 0.2) is 42.5 Å². The molecular formula is C16H11ClF4.